The van der Waals surface area contributed by atoms with Gasteiger partial charge in [-0.05, 0) is 30.9 Å². The van der Waals surface area contributed by atoms with Gasteiger partial charge in [0.05, 0.1) is 15.6 Å². The van der Waals surface area contributed by atoms with Gasteiger partial charge in [-0.1, -0.05) is 29.3 Å². The van der Waals surface area contributed by atoms with Gasteiger partial charge in [-0.25, -0.2) is 4.98 Å². The lowest BCUT2D eigenvalue weighted by atomic mass is 9.99. The van der Waals surface area contributed by atoms with Crippen molar-refractivity contribution in [3.8, 4) is 21.8 Å². The van der Waals surface area contributed by atoms with Crippen LogP contribution in [0.15, 0.2) is 24.5 Å². The van der Waals surface area contributed by atoms with Crippen molar-refractivity contribution in [1.29, 1.82) is 0 Å². The van der Waals surface area contributed by atoms with Gasteiger partial charge < -0.3 is 15.7 Å². The fourth-order valence-electron chi connectivity index (χ4n) is 3.51. The number of anilines is 2. The second-order valence-corrected chi connectivity index (χ2v) is 8.46. The number of H-pyrrole nitrogens is 1. The predicted octanol–water partition coefficient (Wildman–Crippen LogP) is 4.30. The van der Waals surface area contributed by atoms with E-state index in [2.05, 4.69) is 20.1 Å². The Kier molecular flexibility index (Phi) is 5.27. The number of rotatable bonds is 4. The normalized spacial score (nSPS) is 17.4. The third kappa shape index (κ3) is 3.52. The summed E-state index contributed by atoms with van der Waals surface area (Å²) in [6, 6.07) is 5.38. The maximum absolute atomic E-state index is 9.57. The van der Waals surface area contributed by atoms with Gasteiger partial charge in [0.15, 0.2) is 5.82 Å². The zero-order valence-corrected chi connectivity index (χ0v) is 16.8. The van der Waals surface area contributed by atoms with Crippen molar-refractivity contribution in [2.24, 2.45) is 5.92 Å². The van der Waals surface area contributed by atoms with E-state index in [1.54, 1.807) is 23.5 Å². The summed E-state index contributed by atoms with van der Waals surface area (Å²) in [4.78, 5) is 7.44. The van der Waals surface area contributed by atoms with Gasteiger partial charge in [-0.15, -0.1) is 11.3 Å². The number of nitrogens with zero attached hydrogens (tertiary/aromatic N) is 3. The number of aromatic nitrogens is 3. The Hall–Kier alpha value is -1.80. The van der Waals surface area contributed by atoms with E-state index in [4.69, 9.17) is 28.9 Å². The van der Waals surface area contributed by atoms with E-state index < -0.39 is 0 Å². The molecule has 2 aromatic heterocycles. The summed E-state index contributed by atoms with van der Waals surface area (Å²) >= 11 is 14.1. The van der Waals surface area contributed by atoms with Crippen molar-refractivity contribution in [3.05, 3.63) is 34.6 Å². The first-order chi connectivity index (χ1) is 13.1. The number of nitrogen functional groups attached to an aromatic ring is 1. The van der Waals surface area contributed by atoms with Gasteiger partial charge in [0, 0.05) is 35.8 Å². The van der Waals surface area contributed by atoms with Crippen LogP contribution in [-0.4, -0.2) is 40.0 Å². The molecular formula is C18H19Cl2N5OS. The van der Waals surface area contributed by atoms with Crippen molar-refractivity contribution >= 4 is 45.2 Å². The van der Waals surface area contributed by atoms with Crippen molar-refractivity contribution in [2.45, 2.75) is 12.8 Å². The minimum atomic E-state index is 0.187. The fraction of sp³-hybridized carbons (Fsp3) is 0.333. The fourth-order valence-corrected chi connectivity index (χ4v) is 5.23. The highest BCUT2D eigenvalue weighted by Gasteiger charge is 2.28. The van der Waals surface area contributed by atoms with E-state index in [0.29, 0.717) is 21.6 Å². The van der Waals surface area contributed by atoms with E-state index >= 15 is 0 Å². The molecule has 0 spiro atoms. The summed E-state index contributed by atoms with van der Waals surface area (Å²) < 4.78 is 0. The Labute approximate surface area is 170 Å². The highest BCUT2D eigenvalue weighted by Crippen LogP contribution is 2.50. The van der Waals surface area contributed by atoms with Crippen LogP contribution in [0.25, 0.3) is 21.8 Å². The van der Waals surface area contributed by atoms with Crippen molar-refractivity contribution < 1.29 is 5.11 Å². The number of nitrogens with one attached hydrogen (secondary N) is 1. The summed E-state index contributed by atoms with van der Waals surface area (Å²) in [5.74, 6) is 0.909. The van der Waals surface area contributed by atoms with Gasteiger partial charge >= 0.3 is 0 Å². The molecule has 1 saturated heterocycles. The van der Waals surface area contributed by atoms with Gasteiger partial charge in [0.1, 0.15) is 11.3 Å². The largest absolute Gasteiger partial charge is 0.396 e. The highest BCUT2D eigenvalue weighted by molar-refractivity contribution is 7.20. The molecule has 3 aromatic rings. The standard InChI is InChI=1S/C18H19Cl2N5OS/c19-11-3-4-12(13(20)6-11)14-15(21)18(25-5-1-2-10(7-25)8-26)27-16(14)17-22-9-23-24-17/h3-4,6,9-10,26H,1-2,5,7-8,21H2,(H,22,23,24). The van der Waals surface area contributed by atoms with Crippen molar-refractivity contribution in [1.82, 2.24) is 15.2 Å². The monoisotopic (exact) mass is 423 g/mol. The summed E-state index contributed by atoms with van der Waals surface area (Å²) in [5, 5.41) is 18.5. The van der Waals surface area contributed by atoms with Crippen LogP contribution in [0.4, 0.5) is 10.7 Å². The molecule has 9 heteroatoms. The molecular weight excluding hydrogens is 405 g/mol. The zero-order valence-electron chi connectivity index (χ0n) is 14.5. The third-order valence-electron chi connectivity index (χ3n) is 4.82. The van der Waals surface area contributed by atoms with E-state index in [0.717, 1.165) is 46.9 Å². The SMILES string of the molecule is Nc1c(N2CCCC(CO)C2)sc(-c2ncn[nH]2)c1-c1ccc(Cl)cc1Cl. The van der Waals surface area contributed by atoms with Crippen LogP contribution >= 0.6 is 34.5 Å². The number of benzene rings is 1. The molecule has 0 aliphatic carbocycles. The summed E-state index contributed by atoms with van der Waals surface area (Å²) in [6.07, 6.45) is 3.53. The predicted molar refractivity (Wildman–Crippen MR) is 112 cm³/mol. The number of hydrogen-bond donors (Lipinski definition) is 3. The molecule has 1 aliphatic rings. The van der Waals surface area contributed by atoms with Crippen LogP contribution in [0.2, 0.25) is 10.0 Å². The number of aliphatic hydroxyl groups excluding tert-OH is 1. The van der Waals surface area contributed by atoms with E-state index in [-0.39, 0.29) is 12.5 Å². The molecule has 0 amide bonds. The second-order valence-electron chi connectivity index (χ2n) is 6.62. The number of thiophene rings is 1. The minimum absolute atomic E-state index is 0.187. The lowest BCUT2D eigenvalue weighted by Crippen LogP contribution is -2.36. The molecule has 142 valence electrons. The van der Waals surface area contributed by atoms with Crippen molar-refractivity contribution in [2.75, 3.05) is 30.3 Å². The third-order valence-corrected chi connectivity index (χ3v) is 6.64. The number of aliphatic hydroxyl groups is 1. The molecule has 0 saturated carbocycles. The maximum Gasteiger partial charge on any atom is 0.166 e. The number of halogens is 2. The van der Waals surface area contributed by atoms with Crippen LogP contribution in [0.3, 0.4) is 0 Å². The molecule has 0 radical (unpaired) electrons. The van der Waals surface area contributed by atoms with Gasteiger partial charge in [-0.2, -0.15) is 5.10 Å². The van der Waals surface area contributed by atoms with E-state index in [9.17, 15) is 5.11 Å². The summed E-state index contributed by atoms with van der Waals surface area (Å²) in [5.41, 5.74) is 8.92. The quantitative estimate of drug-likeness (QED) is 0.581. The molecule has 3 heterocycles. The van der Waals surface area contributed by atoms with Crippen LogP contribution in [0.1, 0.15) is 12.8 Å². The van der Waals surface area contributed by atoms with E-state index in [1.165, 1.54) is 6.33 Å². The molecule has 1 fully saturated rings. The average Bonchev–Trinajstić information content (AvgIpc) is 3.30. The first kappa shape index (κ1) is 18.6. The Morgan fingerprint density at radius 2 is 2.22 bits per heavy atom. The van der Waals surface area contributed by atoms with Gasteiger partial charge in [0.25, 0.3) is 0 Å². The number of hydrogen-bond acceptors (Lipinski definition) is 6. The first-order valence-electron chi connectivity index (χ1n) is 8.67. The van der Waals surface area contributed by atoms with Crippen LogP contribution in [0.5, 0.6) is 0 Å². The lowest BCUT2D eigenvalue weighted by Gasteiger charge is -2.33. The second kappa shape index (κ2) is 7.67. The molecule has 1 aromatic carbocycles. The molecule has 0 bridgehead atoms. The number of aromatic amines is 1. The first-order valence-corrected chi connectivity index (χ1v) is 10.2. The smallest absolute Gasteiger partial charge is 0.166 e. The molecule has 27 heavy (non-hydrogen) atoms. The van der Waals surface area contributed by atoms with Gasteiger partial charge in [0.2, 0.25) is 0 Å². The molecule has 4 rings (SSSR count). The van der Waals surface area contributed by atoms with Crippen LogP contribution in [-0.2, 0) is 0 Å². The molecule has 1 unspecified atom stereocenters. The summed E-state index contributed by atoms with van der Waals surface area (Å²) in [6.45, 7) is 1.88. The molecule has 6 nitrogen and oxygen atoms in total. The molecule has 4 N–H and O–H groups in total. The molecule has 1 atom stereocenters. The van der Waals surface area contributed by atoms with Crippen LogP contribution < -0.4 is 10.6 Å². The number of piperidine rings is 1. The topological polar surface area (TPSA) is 91.1 Å². The molecule has 1 aliphatic heterocycles. The Morgan fingerprint density at radius 3 is 2.93 bits per heavy atom. The lowest BCUT2D eigenvalue weighted by molar-refractivity contribution is 0.209. The Morgan fingerprint density at radius 1 is 1.37 bits per heavy atom. The van der Waals surface area contributed by atoms with Crippen LogP contribution in [0, 0.1) is 5.92 Å². The number of nitrogens with two attached hydrogens (primary N) is 1. The van der Waals surface area contributed by atoms with Gasteiger partial charge in [-0.3, -0.25) is 5.10 Å². The van der Waals surface area contributed by atoms with E-state index in [1.807, 2.05) is 6.07 Å². The summed E-state index contributed by atoms with van der Waals surface area (Å²) in [7, 11) is 0. The zero-order chi connectivity index (χ0) is 19.0. The highest BCUT2D eigenvalue weighted by atomic mass is 35.5. The maximum atomic E-state index is 9.57. The Balaban J connectivity index is 1.85. The average molecular weight is 424 g/mol. The Bertz CT molecular complexity index is 944. The van der Waals surface area contributed by atoms with Crippen molar-refractivity contribution in [3.63, 3.8) is 0 Å². The minimum Gasteiger partial charge on any atom is -0.396 e.